The van der Waals surface area contributed by atoms with Gasteiger partial charge in [-0.3, -0.25) is 10.6 Å². The Labute approximate surface area is 115 Å². The first kappa shape index (κ1) is 16.3. The Hall–Kier alpha value is -1.76. The third-order valence-corrected chi connectivity index (χ3v) is 3.10. The van der Waals surface area contributed by atoms with Crippen molar-refractivity contribution >= 4 is 11.6 Å². The number of carbonyl (C=O) groups excluding carboxylic acids is 1. The zero-order valence-electron chi connectivity index (χ0n) is 11.5. The van der Waals surface area contributed by atoms with Crippen molar-refractivity contribution in [2.45, 2.75) is 33.0 Å². The largest absolute Gasteiger partial charge is 0.418 e. The van der Waals surface area contributed by atoms with Gasteiger partial charge in [0, 0.05) is 11.6 Å². The average Bonchev–Trinajstić information content (AvgIpc) is 2.36. The lowest BCUT2D eigenvalue weighted by Gasteiger charge is -2.18. The molecule has 0 aliphatic heterocycles. The molecule has 0 heterocycles. The molecule has 1 aromatic carbocycles. The topological polar surface area (TPSA) is 67.2 Å². The van der Waals surface area contributed by atoms with E-state index in [0.717, 1.165) is 12.1 Å². The molecule has 1 aromatic rings. The van der Waals surface area contributed by atoms with Gasteiger partial charge in [0.25, 0.3) is 5.91 Å². The van der Waals surface area contributed by atoms with E-state index >= 15 is 0 Å². The lowest BCUT2D eigenvalue weighted by Crippen LogP contribution is -2.36. The molecular weight excluding hydrogens is 271 g/mol. The highest BCUT2D eigenvalue weighted by Crippen LogP contribution is 2.35. The highest BCUT2D eigenvalue weighted by Gasteiger charge is 2.34. The molecule has 1 amide bonds. The summed E-state index contributed by atoms with van der Waals surface area (Å²) in [7, 11) is 0. The molecule has 112 valence electrons. The summed E-state index contributed by atoms with van der Waals surface area (Å²) < 4.78 is 38.5. The van der Waals surface area contributed by atoms with Crippen molar-refractivity contribution in [3.8, 4) is 0 Å². The summed E-state index contributed by atoms with van der Waals surface area (Å²) in [6.07, 6.45) is -4.58. The second kappa shape index (κ2) is 6.13. The maximum Gasteiger partial charge on any atom is 0.418 e. The van der Waals surface area contributed by atoms with Crippen molar-refractivity contribution in [3.05, 3.63) is 29.3 Å². The summed E-state index contributed by atoms with van der Waals surface area (Å²) in [6, 6.07) is 3.09. The third kappa shape index (κ3) is 3.86. The predicted molar refractivity (Wildman–Crippen MR) is 71.0 cm³/mol. The zero-order valence-corrected chi connectivity index (χ0v) is 11.5. The van der Waals surface area contributed by atoms with Crippen molar-refractivity contribution < 1.29 is 18.0 Å². The number of amides is 1. The van der Waals surface area contributed by atoms with Gasteiger partial charge in [-0.1, -0.05) is 13.8 Å². The fraction of sp³-hybridized carbons (Fsp3) is 0.462. The molecule has 0 fully saturated rings. The molecule has 0 aromatic heterocycles. The quantitative estimate of drug-likeness (QED) is 0.590. The van der Waals surface area contributed by atoms with Crippen LogP contribution in [0.15, 0.2) is 18.2 Å². The first-order valence-corrected chi connectivity index (χ1v) is 6.15. The molecule has 0 saturated carbocycles. The van der Waals surface area contributed by atoms with E-state index in [-0.39, 0.29) is 23.2 Å². The number of benzene rings is 1. The van der Waals surface area contributed by atoms with Gasteiger partial charge in [-0.15, -0.1) is 0 Å². The number of nitrogens with one attached hydrogen (secondary N) is 2. The highest BCUT2D eigenvalue weighted by atomic mass is 19.4. The number of anilines is 1. The molecule has 1 atom stereocenters. The number of nitrogens with two attached hydrogens (primary N) is 1. The van der Waals surface area contributed by atoms with Gasteiger partial charge in [-0.05, 0) is 31.0 Å². The van der Waals surface area contributed by atoms with Crippen LogP contribution in [0.5, 0.6) is 0 Å². The van der Waals surface area contributed by atoms with Gasteiger partial charge in [0.15, 0.2) is 0 Å². The molecule has 0 aliphatic carbocycles. The third-order valence-electron chi connectivity index (χ3n) is 3.10. The Morgan fingerprint density at radius 3 is 2.30 bits per heavy atom. The molecule has 4 nitrogen and oxygen atoms in total. The SMILES string of the molecule is CC(C)C(C)NC(=O)c1ccc(NN)c(C(F)(F)F)c1. The summed E-state index contributed by atoms with van der Waals surface area (Å²) in [6.45, 7) is 5.62. The summed E-state index contributed by atoms with van der Waals surface area (Å²) in [5, 5.41) is 2.65. The molecule has 0 aliphatic rings. The van der Waals surface area contributed by atoms with Crippen LogP contribution in [0.25, 0.3) is 0 Å². The molecule has 0 bridgehead atoms. The Morgan fingerprint density at radius 1 is 1.25 bits per heavy atom. The van der Waals surface area contributed by atoms with Crippen LogP contribution in [0.3, 0.4) is 0 Å². The number of rotatable bonds is 4. The van der Waals surface area contributed by atoms with Crippen molar-refractivity contribution in [2.75, 3.05) is 5.43 Å². The van der Waals surface area contributed by atoms with Crippen molar-refractivity contribution in [2.24, 2.45) is 11.8 Å². The van der Waals surface area contributed by atoms with E-state index in [0.29, 0.717) is 0 Å². The van der Waals surface area contributed by atoms with Gasteiger partial charge in [0.05, 0.1) is 11.3 Å². The standard InChI is InChI=1S/C13H18F3N3O/c1-7(2)8(3)18-12(20)9-4-5-11(19-17)10(6-9)13(14,15)16/h4-8,19H,17H2,1-3H3,(H,18,20). The van der Waals surface area contributed by atoms with Gasteiger partial charge in [-0.25, -0.2) is 0 Å². The Bertz CT molecular complexity index is 486. The minimum absolute atomic E-state index is 0.0520. The minimum Gasteiger partial charge on any atom is -0.349 e. The number of hydrogen-bond acceptors (Lipinski definition) is 3. The monoisotopic (exact) mass is 289 g/mol. The Morgan fingerprint density at radius 2 is 1.85 bits per heavy atom. The summed E-state index contributed by atoms with van der Waals surface area (Å²) in [5.74, 6) is 4.69. The smallest absolute Gasteiger partial charge is 0.349 e. The number of hydrogen-bond donors (Lipinski definition) is 3. The van der Waals surface area contributed by atoms with Crippen molar-refractivity contribution in [1.29, 1.82) is 0 Å². The van der Waals surface area contributed by atoms with E-state index in [1.165, 1.54) is 6.07 Å². The summed E-state index contributed by atoms with van der Waals surface area (Å²) in [5.41, 5.74) is 0.684. The van der Waals surface area contributed by atoms with E-state index in [4.69, 9.17) is 5.84 Å². The first-order valence-electron chi connectivity index (χ1n) is 6.15. The van der Waals surface area contributed by atoms with E-state index in [9.17, 15) is 18.0 Å². The Kier molecular flexibility index (Phi) is 4.99. The fourth-order valence-electron chi connectivity index (χ4n) is 1.50. The van der Waals surface area contributed by atoms with Crippen LogP contribution in [0.1, 0.15) is 36.7 Å². The van der Waals surface area contributed by atoms with E-state index in [1.54, 1.807) is 6.92 Å². The number of halogens is 3. The minimum atomic E-state index is -4.58. The number of carbonyl (C=O) groups is 1. The van der Waals surface area contributed by atoms with Crippen LogP contribution in [0.4, 0.5) is 18.9 Å². The molecule has 4 N–H and O–H groups in total. The van der Waals surface area contributed by atoms with Gasteiger partial charge >= 0.3 is 6.18 Å². The lowest BCUT2D eigenvalue weighted by atomic mass is 10.0. The van der Waals surface area contributed by atoms with E-state index in [1.807, 2.05) is 19.3 Å². The summed E-state index contributed by atoms with van der Waals surface area (Å²) >= 11 is 0. The molecule has 0 spiro atoms. The van der Waals surface area contributed by atoms with Crippen molar-refractivity contribution in [1.82, 2.24) is 5.32 Å². The van der Waals surface area contributed by atoms with Crippen LogP contribution in [0, 0.1) is 5.92 Å². The van der Waals surface area contributed by atoms with Crippen molar-refractivity contribution in [3.63, 3.8) is 0 Å². The molecule has 0 saturated heterocycles. The highest BCUT2D eigenvalue weighted by molar-refractivity contribution is 5.95. The van der Waals surface area contributed by atoms with Crippen LogP contribution in [-0.2, 0) is 6.18 Å². The molecule has 0 radical (unpaired) electrons. The van der Waals surface area contributed by atoms with Gasteiger partial charge < -0.3 is 10.7 Å². The zero-order chi connectivity index (χ0) is 15.5. The van der Waals surface area contributed by atoms with Crippen LogP contribution in [0.2, 0.25) is 0 Å². The Balaban J connectivity index is 3.06. The van der Waals surface area contributed by atoms with Gasteiger partial charge in [0.1, 0.15) is 0 Å². The molecular formula is C13H18F3N3O. The maximum atomic E-state index is 12.8. The molecule has 7 heteroatoms. The number of hydrazine groups is 1. The first-order chi connectivity index (χ1) is 9.16. The van der Waals surface area contributed by atoms with Gasteiger partial charge in [-0.2, -0.15) is 13.2 Å². The van der Waals surface area contributed by atoms with Crippen LogP contribution in [-0.4, -0.2) is 11.9 Å². The van der Waals surface area contributed by atoms with E-state index < -0.39 is 17.6 Å². The van der Waals surface area contributed by atoms with Gasteiger partial charge in [0.2, 0.25) is 0 Å². The van der Waals surface area contributed by atoms with Crippen LogP contribution >= 0.6 is 0 Å². The maximum absolute atomic E-state index is 12.8. The predicted octanol–water partition coefficient (Wildman–Crippen LogP) is 2.77. The number of nitrogen functional groups attached to an aromatic ring is 1. The average molecular weight is 289 g/mol. The van der Waals surface area contributed by atoms with Crippen LogP contribution < -0.4 is 16.6 Å². The molecule has 1 unspecified atom stereocenters. The second-order valence-corrected chi connectivity index (χ2v) is 4.91. The lowest BCUT2D eigenvalue weighted by molar-refractivity contribution is -0.137. The fourth-order valence-corrected chi connectivity index (χ4v) is 1.50. The molecule has 20 heavy (non-hydrogen) atoms. The van der Waals surface area contributed by atoms with E-state index in [2.05, 4.69) is 5.32 Å². The normalized spacial score (nSPS) is 13.2. The number of alkyl halides is 3. The second-order valence-electron chi connectivity index (χ2n) is 4.91. The molecule has 1 rings (SSSR count). The summed E-state index contributed by atoms with van der Waals surface area (Å²) in [4.78, 5) is 11.9.